The first-order valence-electron chi connectivity index (χ1n) is 10.6. The van der Waals surface area contributed by atoms with Crippen LogP contribution in [0.3, 0.4) is 0 Å². The number of ketones is 1. The lowest BCUT2D eigenvalue weighted by atomic mass is 9.56. The molecule has 2 atom stereocenters. The summed E-state index contributed by atoms with van der Waals surface area (Å²) in [7, 11) is 0. The van der Waals surface area contributed by atoms with Crippen molar-refractivity contribution in [1.29, 1.82) is 0 Å². The maximum absolute atomic E-state index is 12.7. The monoisotopic (exact) mass is 372 g/mol. The minimum absolute atomic E-state index is 0.0693. The molecule has 2 aromatic carbocycles. The molecule has 0 saturated heterocycles. The molecule has 0 aliphatic heterocycles. The smallest absolute Gasteiger partial charge is 0.133 e. The summed E-state index contributed by atoms with van der Waals surface area (Å²) < 4.78 is 0. The summed E-state index contributed by atoms with van der Waals surface area (Å²) in [5.41, 5.74) is 9.39. The highest BCUT2D eigenvalue weighted by Crippen LogP contribution is 2.69. The van der Waals surface area contributed by atoms with Crippen LogP contribution in [0.4, 0.5) is 0 Å². The lowest BCUT2D eigenvalue weighted by Gasteiger charge is -2.47. The molecule has 2 aromatic rings. The minimum Gasteiger partial charge on any atom is -0.300 e. The van der Waals surface area contributed by atoms with E-state index in [1.807, 2.05) is 0 Å². The molecule has 0 aromatic heterocycles. The molecule has 1 saturated carbocycles. The Kier molecular flexibility index (Phi) is 4.23. The first-order chi connectivity index (χ1) is 13.1. The van der Waals surface area contributed by atoms with E-state index < -0.39 is 0 Å². The second kappa shape index (κ2) is 6.17. The van der Waals surface area contributed by atoms with Crippen LogP contribution < -0.4 is 0 Å². The van der Waals surface area contributed by atoms with E-state index in [0.717, 1.165) is 6.42 Å². The molecule has 2 aliphatic rings. The second-order valence-corrected chi connectivity index (χ2v) is 9.75. The van der Waals surface area contributed by atoms with Gasteiger partial charge in [0.25, 0.3) is 0 Å². The number of hydrogen-bond donors (Lipinski definition) is 0. The van der Waals surface area contributed by atoms with Gasteiger partial charge >= 0.3 is 0 Å². The highest BCUT2D eigenvalue weighted by Gasteiger charge is 2.64. The largest absolute Gasteiger partial charge is 0.300 e. The number of carbonyl (C=O) groups excluding carboxylic acids is 1. The van der Waals surface area contributed by atoms with Gasteiger partial charge in [-0.2, -0.15) is 0 Å². The van der Waals surface area contributed by atoms with Gasteiger partial charge in [0.2, 0.25) is 0 Å². The van der Waals surface area contributed by atoms with Crippen molar-refractivity contribution in [2.45, 2.75) is 60.3 Å². The van der Waals surface area contributed by atoms with Crippen LogP contribution in [0, 0.1) is 31.1 Å². The number of fused-ring (bicyclic) bond motifs is 3. The SMILES string of the molecule is CC(=O)[C@H]1CC2=C(c3ccc(C)c(C)c3)c3ccccc3[C@@]2(C(C)C)C1(C)C. The summed E-state index contributed by atoms with van der Waals surface area (Å²) in [6.07, 6.45) is 0.872. The van der Waals surface area contributed by atoms with E-state index >= 15 is 0 Å². The number of allylic oxidation sites excluding steroid dienone is 1. The molecule has 4 rings (SSSR count). The van der Waals surface area contributed by atoms with Gasteiger partial charge in [-0.3, -0.25) is 4.79 Å². The van der Waals surface area contributed by atoms with Gasteiger partial charge in [-0.05, 0) is 77.5 Å². The molecule has 0 bridgehead atoms. The van der Waals surface area contributed by atoms with Gasteiger partial charge in [-0.15, -0.1) is 0 Å². The van der Waals surface area contributed by atoms with E-state index in [2.05, 4.69) is 84.0 Å². The van der Waals surface area contributed by atoms with Crippen molar-refractivity contribution in [3.05, 3.63) is 75.9 Å². The maximum atomic E-state index is 12.7. The van der Waals surface area contributed by atoms with Crippen LogP contribution in [0.25, 0.3) is 5.57 Å². The molecule has 2 aliphatic carbocycles. The van der Waals surface area contributed by atoms with Crippen LogP contribution in [-0.4, -0.2) is 5.78 Å². The molecule has 0 heterocycles. The molecular weight excluding hydrogens is 340 g/mol. The number of rotatable bonds is 3. The Morgan fingerprint density at radius 3 is 2.32 bits per heavy atom. The van der Waals surface area contributed by atoms with Crippen molar-refractivity contribution in [2.75, 3.05) is 0 Å². The zero-order chi connectivity index (χ0) is 20.4. The van der Waals surface area contributed by atoms with Crippen LogP contribution in [0.1, 0.15) is 68.9 Å². The van der Waals surface area contributed by atoms with Gasteiger partial charge in [0.05, 0.1) is 0 Å². The number of Topliss-reactive ketones (excluding diaryl/α,β-unsaturated/α-hetero) is 1. The summed E-state index contributed by atoms with van der Waals surface area (Å²) in [6, 6.07) is 15.8. The van der Waals surface area contributed by atoms with Gasteiger partial charge in [-0.25, -0.2) is 0 Å². The summed E-state index contributed by atoms with van der Waals surface area (Å²) >= 11 is 0. The molecule has 1 heteroatoms. The predicted octanol–water partition coefficient (Wildman–Crippen LogP) is 6.65. The molecule has 0 unspecified atom stereocenters. The van der Waals surface area contributed by atoms with Crippen molar-refractivity contribution < 1.29 is 4.79 Å². The third-order valence-corrected chi connectivity index (χ3v) is 7.85. The summed E-state index contributed by atoms with van der Waals surface area (Å²) in [5, 5.41) is 0. The number of benzene rings is 2. The van der Waals surface area contributed by atoms with Crippen molar-refractivity contribution in [2.24, 2.45) is 17.3 Å². The molecule has 146 valence electrons. The minimum atomic E-state index is -0.111. The lowest BCUT2D eigenvalue weighted by Crippen LogP contribution is -2.46. The lowest BCUT2D eigenvalue weighted by molar-refractivity contribution is -0.124. The first kappa shape index (κ1) is 19.2. The normalized spacial score (nSPS) is 25.2. The van der Waals surface area contributed by atoms with Crippen LogP contribution in [-0.2, 0) is 10.2 Å². The molecule has 0 radical (unpaired) electrons. The van der Waals surface area contributed by atoms with Gasteiger partial charge in [-0.1, -0.05) is 70.2 Å². The first-order valence-corrected chi connectivity index (χ1v) is 10.6. The van der Waals surface area contributed by atoms with Gasteiger partial charge in [0.1, 0.15) is 5.78 Å². The Bertz CT molecular complexity index is 1000. The summed E-state index contributed by atoms with van der Waals surface area (Å²) in [5.74, 6) is 0.815. The zero-order valence-corrected chi connectivity index (χ0v) is 18.3. The summed E-state index contributed by atoms with van der Waals surface area (Å²) in [4.78, 5) is 12.7. The number of carbonyl (C=O) groups is 1. The van der Waals surface area contributed by atoms with E-state index in [1.165, 1.54) is 39.0 Å². The van der Waals surface area contributed by atoms with Crippen molar-refractivity contribution >= 4 is 11.4 Å². The number of hydrogen-bond acceptors (Lipinski definition) is 1. The molecule has 1 nitrogen and oxygen atoms in total. The molecule has 1 fully saturated rings. The fourth-order valence-electron chi connectivity index (χ4n) is 6.58. The topological polar surface area (TPSA) is 17.1 Å². The molecule has 0 amide bonds. The second-order valence-electron chi connectivity index (χ2n) is 9.75. The van der Waals surface area contributed by atoms with Gasteiger partial charge in [0, 0.05) is 11.3 Å². The van der Waals surface area contributed by atoms with Crippen molar-refractivity contribution in [1.82, 2.24) is 0 Å². The molecular formula is C27H32O. The quantitative estimate of drug-likeness (QED) is 0.589. The van der Waals surface area contributed by atoms with E-state index in [9.17, 15) is 4.79 Å². The standard InChI is InChI=1S/C27H32O/c1-16(2)27-22-11-9-8-10-21(22)25(20-13-12-17(3)18(4)14-20)24(27)15-23(19(5)28)26(27,6)7/h8-14,16,23H,15H2,1-7H3/t23-,27-/m1/s1. The Balaban J connectivity index is 2.11. The highest BCUT2D eigenvalue weighted by molar-refractivity contribution is 5.93. The van der Waals surface area contributed by atoms with Crippen molar-refractivity contribution in [3.63, 3.8) is 0 Å². The van der Waals surface area contributed by atoms with Crippen LogP contribution >= 0.6 is 0 Å². The fourth-order valence-corrected chi connectivity index (χ4v) is 6.58. The Labute approximate surface area is 169 Å². The zero-order valence-electron chi connectivity index (χ0n) is 18.3. The number of aryl methyl sites for hydroxylation is 2. The Morgan fingerprint density at radius 1 is 1.04 bits per heavy atom. The molecule has 0 spiro atoms. The average Bonchev–Trinajstić information content (AvgIpc) is 3.05. The third-order valence-electron chi connectivity index (χ3n) is 7.85. The predicted molar refractivity (Wildman–Crippen MR) is 117 cm³/mol. The molecule has 28 heavy (non-hydrogen) atoms. The Morgan fingerprint density at radius 2 is 1.71 bits per heavy atom. The fraction of sp³-hybridized carbons (Fsp3) is 0.444. The van der Waals surface area contributed by atoms with E-state index in [-0.39, 0.29) is 16.7 Å². The van der Waals surface area contributed by atoms with E-state index in [1.54, 1.807) is 6.92 Å². The van der Waals surface area contributed by atoms with Crippen LogP contribution in [0.2, 0.25) is 0 Å². The Hall–Kier alpha value is -2.15. The third kappa shape index (κ3) is 2.22. The van der Waals surface area contributed by atoms with Crippen molar-refractivity contribution in [3.8, 4) is 0 Å². The average molecular weight is 373 g/mol. The van der Waals surface area contributed by atoms with E-state index in [0.29, 0.717) is 11.7 Å². The molecule has 0 N–H and O–H groups in total. The van der Waals surface area contributed by atoms with E-state index in [4.69, 9.17) is 0 Å². The highest BCUT2D eigenvalue weighted by atomic mass is 16.1. The summed E-state index contributed by atoms with van der Waals surface area (Å²) in [6.45, 7) is 15.5. The van der Waals surface area contributed by atoms with Crippen LogP contribution in [0.15, 0.2) is 48.0 Å². The maximum Gasteiger partial charge on any atom is 0.133 e. The van der Waals surface area contributed by atoms with Gasteiger partial charge < -0.3 is 0 Å². The van der Waals surface area contributed by atoms with Gasteiger partial charge in [0.15, 0.2) is 0 Å². The van der Waals surface area contributed by atoms with Crippen LogP contribution in [0.5, 0.6) is 0 Å².